The number of carbonyl (C=O) groups is 1. The van der Waals surface area contributed by atoms with Gasteiger partial charge in [0.1, 0.15) is 11.5 Å². The maximum atomic E-state index is 12.7. The van der Waals surface area contributed by atoms with E-state index in [9.17, 15) is 13.2 Å². The molecule has 9 heteroatoms. The Balaban J connectivity index is 2.12. The Labute approximate surface area is 166 Å². The number of unbranched alkanes of at least 4 members (excludes halogenated alkanes) is 1. The lowest BCUT2D eigenvalue weighted by atomic mass is 9.98. The molecule has 7 nitrogen and oxygen atoms in total. The van der Waals surface area contributed by atoms with E-state index in [1.807, 2.05) is 6.92 Å². The first-order valence-electron chi connectivity index (χ1n) is 9.02. The lowest BCUT2D eigenvalue weighted by molar-refractivity contribution is -0.120. The fourth-order valence-corrected chi connectivity index (χ4v) is 5.01. The van der Waals surface area contributed by atoms with Crippen LogP contribution in [-0.2, 0) is 14.8 Å². The van der Waals surface area contributed by atoms with Gasteiger partial charge in [0.15, 0.2) is 0 Å². The van der Waals surface area contributed by atoms with Gasteiger partial charge in [0, 0.05) is 25.2 Å². The van der Waals surface area contributed by atoms with Gasteiger partial charge >= 0.3 is 0 Å². The van der Waals surface area contributed by atoms with Crippen molar-refractivity contribution in [3.8, 4) is 11.5 Å². The first kappa shape index (κ1) is 21.8. The van der Waals surface area contributed by atoms with E-state index in [1.165, 1.54) is 18.5 Å². The van der Waals surface area contributed by atoms with Crippen LogP contribution in [0, 0.1) is 5.92 Å². The molecule has 2 rings (SSSR count). The van der Waals surface area contributed by atoms with Crippen LogP contribution in [0.3, 0.4) is 0 Å². The molecule has 0 unspecified atom stereocenters. The molecule has 0 spiro atoms. The molecule has 1 saturated heterocycles. The van der Waals surface area contributed by atoms with Crippen LogP contribution < -0.4 is 14.8 Å². The fourth-order valence-electron chi connectivity index (χ4n) is 3.06. The molecule has 1 aliphatic heterocycles. The van der Waals surface area contributed by atoms with Gasteiger partial charge in [0.2, 0.25) is 15.9 Å². The summed E-state index contributed by atoms with van der Waals surface area (Å²) in [5.41, 5.74) is 0.440. The van der Waals surface area contributed by atoms with E-state index in [0.29, 0.717) is 48.0 Å². The highest BCUT2D eigenvalue weighted by Gasteiger charge is 2.32. The number of carbonyl (C=O) groups excluding carboxylic acids is 1. The highest BCUT2D eigenvalue weighted by molar-refractivity contribution is 7.89. The average Bonchev–Trinajstić information content (AvgIpc) is 2.67. The lowest BCUT2D eigenvalue weighted by Gasteiger charge is -2.31. The number of nitrogens with zero attached hydrogens (tertiary/aromatic N) is 1. The van der Waals surface area contributed by atoms with Crippen molar-refractivity contribution in [2.45, 2.75) is 32.6 Å². The van der Waals surface area contributed by atoms with Gasteiger partial charge in [-0.3, -0.25) is 4.79 Å². The molecule has 1 aromatic rings. The van der Waals surface area contributed by atoms with Crippen LogP contribution >= 0.6 is 11.6 Å². The van der Waals surface area contributed by atoms with Crippen molar-refractivity contribution >= 4 is 33.2 Å². The number of ether oxygens (including phenoxy) is 2. The van der Waals surface area contributed by atoms with E-state index in [0.717, 1.165) is 6.42 Å². The number of piperidine rings is 1. The van der Waals surface area contributed by atoms with Gasteiger partial charge in [0.05, 0.1) is 36.6 Å². The predicted octanol–water partition coefficient (Wildman–Crippen LogP) is 3.14. The second-order valence-electron chi connectivity index (χ2n) is 6.54. The third-order valence-corrected chi connectivity index (χ3v) is 6.85. The van der Waals surface area contributed by atoms with Gasteiger partial charge < -0.3 is 14.8 Å². The van der Waals surface area contributed by atoms with Crippen LogP contribution in [0.15, 0.2) is 12.1 Å². The molecule has 1 aliphatic rings. The maximum absolute atomic E-state index is 12.7. The highest BCUT2D eigenvalue weighted by Crippen LogP contribution is 2.36. The van der Waals surface area contributed by atoms with Crippen molar-refractivity contribution < 1.29 is 22.7 Å². The quantitative estimate of drug-likeness (QED) is 0.701. The normalized spacial score (nSPS) is 18.1. The molecule has 1 amide bonds. The van der Waals surface area contributed by atoms with Crippen LogP contribution in [0.25, 0.3) is 0 Å². The number of anilines is 1. The highest BCUT2D eigenvalue weighted by atomic mass is 35.5. The van der Waals surface area contributed by atoms with Gasteiger partial charge in [-0.15, -0.1) is 0 Å². The Kier molecular flexibility index (Phi) is 7.76. The monoisotopic (exact) mass is 418 g/mol. The number of benzene rings is 1. The Morgan fingerprint density at radius 2 is 2.00 bits per heavy atom. The second kappa shape index (κ2) is 9.61. The molecule has 27 heavy (non-hydrogen) atoms. The molecule has 0 bridgehead atoms. The van der Waals surface area contributed by atoms with Gasteiger partial charge in [-0.1, -0.05) is 24.9 Å². The molecule has 1 aromatic carbocycles. The molecular weight excluding hydrogens is 392 g/mol. The van der Waals surface area contributed by atoms with E-state index in [-0.39, 0.29) is 18.2 Å². The van der Waals surface area contributed by atoms with E-state index in [1.54, 1.807) is 12.1 Å². The Morgan fingerprint density at radius 1 is 1.30 bits per heavy atom. The topological polar surface area (TPSA) is 84.9 Å². The molecule has 152 valence electrons. The summed E-state index contributed by atoms with van der Waals surface area (Å²) in [4.78, 5) is 12.7. The summed E-state index contributed by atoms with van der Waals surface area (Å²) < 4.78 is 36.8. The summed E-state index contributed by atoms with van der Waals surface area (Å²) in [5.74, 6) is 0.298. The summed E-state index contributed by atoms with van der Waals surface area (Å²) in [6, 6.07) is 3.16. The summed E-state index contributed by atoms with van der Waals surface area (Å²) >= 11 is 6.09. The molecule has 1 fully saturated rings. The number of rotatable bonds is 8. The molecule has 1 heterocycles. The van der Waals surface area contributed by atoms with Crippen molar-refractivity contribution in [2.24, 2.45) is 5.92 Å². The number of hydrogen-bond donors (Lipinski definition) is 1. The van der Waals surface area contributed by atoms with Crippen molar-refractivity contribution in [1.82, 2.24) is 4.31 Å². The number of sulfonamides is 1. The number of amides is 1. The molecule has 1 N–H and O–H groups in total. The minimum atomic E-state index is -3.32. The van der Waals surface area contributed by atoms with Crippen molar-refractivity contribution in [1.29, 1.82) is 0 Å². The zero-order valence-electron chi connectivity index (χ0n) is 16.0. The molecular formula is C18H27ClN2O5S. The minimum absolute atomic E-state index is 0.125. The van der Waals surface area contributed by atoms with Gasteiger partial charge in [-0.2, -0.15) is 0 Å². The van der Waals surface area contributed by atoms with Crippen LogP contribution in [0.4, 0.5) is 5.69 Å². The SMILES string of the molecule is CCCCS(=O)(=O)N1CCC[C@@H](C(=O)Nc2cc(OC)c(Cl)cc2OC)C1. The number of halogens is 1. The number of nitrogens with one attached hydrogen (secondary N) is 1. The van der Waals surface area contributed by atoms with E-state index < -0.39 is 15.9 Å². The van der Waals surface area contributed by atoms with Gasteiger partial charge in [-0.25, -0.2) is 12.7 Å². The van der Waals surface area contributed by atoms with Crippen molar-refractivity contribution in [3.05, 3.63) is 17.2 Å². The fraction of sp³-hybridized carbons (Fsp3) is 0.611. The first-order valence-corrected chi connectivity index (χ1v) is 11.0. The largest absolute Gasteiger partial charge is 0.495 e. The molecule has 0 radical (unpaired) electrons. The third-order valence-electron chi connectivity index (χ3n) is 4.64. The summed E-state index contributed by atoms with van der Waals surface area (Å²) in [6.45, 7) is 2.62. The minimum Gasteiger partial charge on any atom is -0.495 e. The van der Waals surface area contributed by atoms with Crippen LogP contribution in [0.1, 0.15) is 32.6 Å². The zero-order chi connectivity index (χ0) is 20.0. The molecule has 0 saturated carbocycles. The van der Waals surface area contributed by atoms with Gasteiger partial charge in [0.25, 0.3) is 0 Å². The summed E-state index contributed by atoms with van der Waals surface area (Å²) in [6.07, 6.45) is 2.73. The number of hydrogen-bond acceptors (Lipinski definition) is 5. The summed E-state index contributed by atoms with van der Waals surface area (Å²) in [5, 5.41) is 3.20. The first-order chi connectivity index (χ1) is 12.8. The van der Waals surface area contributed by atoms with Crippen molar-refractivity contribution in [3.63, 3.8) is 0 Å². The van der Waals surface area contributed by atoms with Gasteiger partial charge in [-0.05, 0) is 19.3 Å². The molecule has 1 atom stereocenters. The van der Waals surface area contributed by atoms with E-state index >= 15 is 0 Å². The van der Waals surface area contributed by atoms with E-state index in [4.69, 9.17) is 21.1 Å². The van der Waals surface area contributed by atoms with Crippen LogP contribution in [0.5, 0.6) is 11.5 Å². The zero-order valence-corrected chi connectivity index (χ0v) is 17.5. The Bertz CT molecular complexity index is 769. The predicted molar refractivity (Wildman–Crippen MR) is 106 cm³/mol. The van der Waals surface area contributed by atoms with Crippen molar-refractivity contribution in [2.75, 3.05) is 38.4 Å². The average molecular weight is 419 g/mol. The Morgan fingerprint density at radius 3 is 2.63 bits per heavy atom. The lowest BCUT2D eigenvalue weighted by Crippen LogP contribution is -2.44. The number of methoxy groups -OCH3 is 2. The smallest absolute Gasteiger partial charge is 0.228 e. The van der Waals surface area contributed by atoms with Crippen LogP contribution in [-0.4, -0.2) is 51.7 Å². The molecule has 0 aromatic heterocycles. The third kappa shape index (κ3) is 5.49. The van der Waals surface area contributed by atoms with Crippen LogP contribution in [0.2, 0.25) is 5.02 Å². The van der Waals surface area contributed by atoms with E-state index in [2.05, 4.69) is 5.32 Å². The summed E-state index contributed by atoms with van der Waals surface area (Å²) in [7, 11) is -0.355. The standard InChI is InChI=1S/C18H27ClN2O5S/c1-4-5-9-27(23,24)21-8-6-7-13(12-21)18(22)20-15-11-16(25-2)14(19)10-17(15)26-3/h10-11,13H,4-9,12H2,1-3H3,(H,20,22)/t13-/m1/s1. The second-order valence-corrected chi connectivity index (χ2v) is 9.04. The Hall–Kier alpha value is -1.51. The maximum Gasteiger partial charge on any atom is 0.228 e. The molecule has 0 aliphatic carbocycles.